The number of ether oxygens (including phenoxy) is 1. The maximum absolute atomic E-state index is 13.2. The molecule has 0 aliphatic carbocycles. The highest BCUT2D eigenvalue weighted by molar-refractivity contribution is 7.86. The average Bonchev–Trinajstić information content (AvgIpc) is 2.20. The molecule has 2 atom stereocenters. The van der Waals surface area contributed by atoms with Crippen LogP contribution in [0, 0.1) is 11.8 Å². The lowest BCUT2D eigenvalue weighted by molar-refractivity contribution is -0.259. The summed E-state index contributed by atoms with van der Waals surface area (Å²) in [5.41, 5.74) is 0. The lowest BCUT2D eigenvalue weighted by Crippen LogP contribution is -2.52. The van der Waals surface area contributed by atoms with E-state index in [1.165, 1.54) is 6.92 Å². The molecule has 0 radical (unpaired) electrons. The van der Waals surface area contributed by atoms with E-state index in [1.54, 1.807) is 13.8 Å². The number of halogens is 5. The van der Waals surface area contributed by atoms with Crippen LogP contribution in [0.2, 0.25) is 0 Å². The highest BCUT2D eigenvalue weighted by Gasteiger charge is 2.66. The molecule has 11 heteroatoms. The largest absolute Gasteiger partial charge is 0.445 e. The van der Waals surface area contributed by atoms with E-state index >= 15 is 0 Å². The second-order valence-corrected chi connectivity index (χ2v) is 6.88. The van der Waals surface area contributed by atoms with Gasteiger partial charge in [-0.15, -0.1) is 0 Å². The average molecular weight is 356 g/mol. The molecule has 2 unspecified atom stereocenters. The van der Waals surface area contributed by atoms with Crippen LogP contribution in [0.15, 0.2) is 0 Å². The number of carbonyl (C=O) groups is 1. The molecule has 132 valence electrons. The van der Waals surface area contributed by atoms with E-state index in [-0.39, 0.29) is 5.92 Å². The van der Waals surface area contributed by atoms with E-state index in [4.69, 9.17) is 4.55 Å². The summed E-state index contributed by atoms with van der Waals surface area (Å²) < 4.78 is 96.5. The van der Waals surface area contributed by atoms with Gasteiger partial charge in [0.25, 0.3) is 6.10 Å². The molecule has 0 spiro atoms. The van der Waals surface area contributed by atoms with E-state index in [0.29, 0.717) is 6.42 Å². The summed E-state index contributed by atoms with van der Waals surface area (Å²) in [5, 5.41) is -5.69. The number of esters is 1. The van der Waals surface area contributed by atoms with E-state index in [2.05, 4.69) is 4.74 Å². The molecule has 0 saturated heterocycles. The van der Waals surface area contributed by atoms with Crippen LogP contribution in [-0.4, -0.2) is 36.5 Å². The fourth-order valence-electron chi connectivity index (χ4n) is 1.81. The van der Waals surface area contributed by atoms with Crippen molar-refractivity contribution in [2.45, 2.75) is 51.1 Å². The molecule has 22 heavy (non-hydrogen) atoms. The molecule has 1 N–H and O–H groups in total. The minimum absolute atomic E-state index is 0.112. The van der Waals surface area contributed by atoms with Crippen molar-refractivity contribution >= 4 is 16.1 Å². The summed E-state index contributed by atoms with van der Waals surface area (Å²) in [6, 6.07) is 0. The van der Waals surface area contributed by atoms with Crippen LogP contribution in [0.3, 0.4) is 0 Å². The Kier molecular flexibility index (Phi) is 6.76. The zero-order valence-electron chi connectivity index (χ0n) is 12.0. The normalized spacial score (nSPS) is 16.5. The van der Waals surface area contributed by atoms with Crippen molar-refractivity contribution in [3.05, 3.63) is 0 Å². The van der Waals surface area contributed by atoms with Crippen LogP contribution in [0.4, 0.5) is 22.0 Å². The Morgan fingerprint density at radius 1 is 1.14 bits per heavy atom. The molecular formula is C11H17F5O5S. The molecule has 0 aliphatic rings. The summed E-state index contributed by atoms with van der Waals surface area (Å²) in [6.07, 6.45) is -10.3. The van der Waals surface area contributed by atoms with E-state index < -0.39 is 46.0 Å². The van der Waals surface area contributed by atoms with Crippen LogP contribution in [0.25, 0.3) is 0 Å². The molecule has 0 saturated carbocycles. The molecule has 0 aromatic carbocycles. The molecule has 0 bridgehead atoms. The Balaban J connectivity index is 5.17. The Hall–Kier alpha value is -0.970. The summed E-state index contributed by atoms with van der Waals surface area (Å²) >= 11 is 0. The van der Waals surface area contributed by atoms with Crippen LogP contribution in [0.5, 0.6) is 0 Å². The highest BCUT2D eigenvalue weighted by Crippen LogP contribution is 2.38. The summed E-state index contributed by atoms with van der Waals surface area (Å²) in [4.78, 5) is 11.3. The van der Waals surface area contributed by atoms with Gasteiger partial charge in [-0.05, 0) is 18.3 Å². The zero-order chi connectivity index (χ0) is 17.9. The van der Waals surface area contributed by atoms with Crippen molar-refractivity contribution in [3.8, 4) is 0 Å². The van der Waals surface area contributed by atoms with Gasteiger partial charge in [0.15, 0.2) is 0 Å². The second kappa shape index (κ2) is 7.07. The van der Waals surface area contributed by atoms with Crippen LogP contribution in [-0.2, 0) is 19.6 Å². The first-order chi connectivity index (χ1) is 9.59. The number of hydrogen-bond acceptors (Lipinski definition) is 4. The minimum Gasteiger partial charge on any atom is -0.445 e. The predicted molar refractivity (Wildman–Crippen MR) is 65.7 cm³/mol. The quantitative estimate of drug-likeness (QED) is 0.431. The Morgan fingerprint density at radius 2 is 1.59 bits per heavy atom. The maximum Gasteiger partial charge on any atom is 0.432 e. The lowest BCUT2D eigenvalue weighted by atomic mass is 9.96. The molecule has 0 fully saturated rings. The predicted octanol–water partition coefficient (Wildman–Crippen LogP) is 3.01. The minimum atomic E-state index is -6.41. The summed E-state index contributed by atoms with van der Waals surface area (Å²) in [6.45, 7) is 5.07. The van der Waals surface area contributed by atoms with E-state index in [0.717, 1.165) is 0 Å². The Labute approximate surface area is 124 Å². The van der Waals surface area contributed by atoms with Crippen molar-refractivity contribution in [1.82, 2.24) is 0 Å². The fourth-order valence-corrected chi connectivity index (χ4v) is 2.27. The van der Waals surface area contributed by atoms with Crippen LogP contribution >= 0.6 is 0 Å². The van der Waals surface area contributed by atoms with Gasteiger partial charge in [0, 0.05) is 6.42 Å². The van der Waals surface area contributed by atoms with Gasteiger partial charge >= 0.3 is 27.5 Å². The van der Waals surface area contributed by atoms with Gasteiger partial charge in [-0.1, -0.05) is 20.8 Å². The van der Waals surface area contributed by atoms with Crippen molar-refractivity contribution in [2.75, 3.05) is 0 Å². The molecule has 0 aromatic rings. The molecule has 0 amide bonds. The van der Waals surface area contributed by atoms with Gasteiger partial charge in [0.1, 0.15) is 0 Å². The summed E-state index contributed by atoms with van der Waals surface area (Å²) in [5.74, 6) is -1.96. The molecule has 0 aliphatic heterocycles. The lowest BCUT2D eigenvalue weighted by Gasteiger charge is -2.26. The van der Waals surface area contributed by atoms with Crippen molar-refractivity contribution in [3.63, 3.8) is 0 Å². The molecule has 5 nitrogen and oxygen atoms in total. The second-order valence-electron chi connectivity index (χ2n) is 5.39. The van der Waals surface area contributed by atoms with Crippen LogP contribution in [0.1, 0.15) is 33.6 Å². The SMILES string of the molecule is CC(C)CC(C)CC(=O)OC(C(F)(F)F)C(F)(F)S(=O)(=O)O. The third kappa shape index (κ3) is 6.03. The van der Waals surface area contributed by atoms with Gasteiger partial charge in [-0.3, -0.25) is 9.35 Å². The van der Waals surface area contributed by atoms with Crippen molar-refractivity contribution in [1.29, 1.82) is 0 Å². The third-order valence-electron chi connectivity index (χ3n) is 2.58. The maximum atomic E-state index is 13.2. The van der Waals surface area contributed by atoms with Crippen molar-refractivity contribution in [2.24, 2.45) is 11.8 Å². The number of hydrogen-bond donors (Lipinski definition) is 1. The number of alkyl halides is 5. The third-order valence-corrected chi connectivity index (χ3v) is 3.49. The molecule has 0 aromatic heterocycles. The highest BCUT2D eigenvalue weighted by atomic mass is 32.2. The van der Waals surface area contributed by atoms with E-state index in [1.807, 2.05) is 0 Å². The first kappa shape index (κ1) is 21.0. The van der Waals surface area contributed by atoms with Gasteiger partial charge in [-0.2, -0.15) is 30.4 Å². The number of carbonyl (C=O) groups excluding carboxylic acids is 1. The van der Waals surface area contributed by atoms with Gasteiger partial charge < -0.3 is 4.74 Å². The van der Waals surface area contributed by atoms with Gasteiger partial charge in [0.05, 0.1) is 0 Å². The molecule has 0 heterocycles. The molecule has 0 rings (SSSR count). The van der Waals surface area contributed by atoms with Crippen molar-refractivity contribution < 1.29 is 44.5 Å². The smallest absolute Gasteiger partial charge is 0.432 e. The Morgan fingerprint density at radius 3 is 1.91 bits per heavy atom. The Bertz CT molecular complexity index is 486. The molecular weight excluding hydrogens is 339 g/mol. The number of rotatable bonds is 7. The van der Waals surface area contributed by atoms with Gasteiger partial charge in [0.2, 0.25) is 0 Å². The fraction of sp³-hybridized carbons (Fsp3) is 0.909. The topological polar surface area (TPSA) is 80.7 Å². The monoisotopic (exact) mass is 356 g/mol. The first-order valence-electron chi connectivity index (χ1n) is 6.20. The standard InChI is InChI=1S/C11H17F5O5S/c1-6(2)4-7(3)5-8(17)21-9(10(12,13)14)11(15,16)22(18,19)20/h6-7,9H,4-5H2,1-3H3,(H,18,19,20). The first-order valence-corrected chi connectivity index (χ1v) is 7.64. The van der Waals surface area contributed by atoms with Crippen LogP contribution < -0.4 is 0 Å². The van der Waals surface area contributed by atoms with E-state index in [9.17, 15) is 35.2 Å². The summed E-state index contributed by atoms with van der Waals surface area (Å²) in [7, 11) is -6.41. The van der Waals surface area contributed by atoms with Gasteiger partial charge in [-0.25, -0.2) is 0 Å². The zero-order valence-corrected chi connectivity index (χ0v) is 12.8.